The van der Waals surface area contributed by atoms with E-state index in [0.29, 0.717) is 11.5 Å². The summed E-state index contributed by atoms with van der Waals surface area (Å²) in [6.07, 6.45) is 2.56. The van der Waals surface area contributed by atoms with Crippen LogP contribution in [0, 0.1) is 0 Å². The topological polar surface area (TPSA) is 33.3 Å². The van der Waals surface area contributed by atoms with Crippen LogP contribution in [0.1, 0.15) is 18.4 Å². The van der Waals surface area contributed by atoms with Crippen molar-refractivity contribution in [1.82, 2.24) is 10.6 Å². The first-order chi connectivity index (χ1) is 8.34. The Morgan fingerprint density at radius 3 is 2.71 bits per heavy atom. The predicted octanol–water partition coefficient (Wildman–Crippen LogP) is 1.29. The largest absolute Gasteiger partial charge is 0.496 e. The molecule has 1 saturated heterocycles. The molecule has 3 heteroatoms. The van der Waals surface area contributed by atoms with E-state index in [0.717, 1.165) is 25.4 Å². The molecule has 3 nitrogen and oxygen atoms in total. The maximum Gasteiger partial charge on any atom is 0.122 e. The standard InChI is InChI=1S/C14H20N2O/c1-17-13-5-3-2-4-12(13)14(6-7-14)10-16-11-8-15-9-11/h2-5,11,15-16H,6-10H2,1H3. The average Bonchev–Trinajstić information content (AvgIpc) is 3.08. The lowest BCUT2D eigenvalue weighted by molar-refractivity contribution is 0.349. The van der Waals surface area contributed by atoms with Crippen LogP contribution in [0.4, 0.5) is 0 Å². The number of benzene rings is 1. The zero-order chi connectivity index (χ0) is 11.7. The highest BCUT2D eigenvalue weighted by atomic mass is 16.5. The molecule has 2 aliphatic rings. The molecular weight excluding hydrogens is 212 g/mol. The normalized spacial score (nSPS) is 21.9. The minimum Gasteiger partial charge on any atom is -0.496 e. The van der Waals surface area contributed by atoms with Gasteiger partial charge in [-0.25, -0.2) is 0 Å². The quantitative estimate of drug-likeness (QED) is 0.802. The monoisotopic (exact) mass is 232 g/mol. The molecule has 0 aromatic heterocycles. The third kappa shape index (κ3) is 2.05. The van der Waals surface area contributed by atoms with Gasteiger partial charge in [0.25, 0.3) is 0 Å². The first-order valence-corrected chi connectivity index (χ1v) is 6.42. The van der Waals surface area contributed by atoms with Crippen LogP contribution in [0.25, 0.3) is 0 Å². The fourth-order valence-electron chi connectivity index (χ4n) is 2.55. The van der Waals surface area contributed by atoms with Gasteiger partial charge in [0.05, 0.1) is 7.11 Å². The number of hydrogen-bond acceptors (Lipinski definition) is 3. The molecule has 1 aromatic carbocycles. The zero-order valence-corrected chi connectivity index (χ0v) is 10.3. The van der Waals surface area contributed by atoms with Crippen LogP contribution in [0.5, 0.6) is 5.75 Å². The average molecular weight is 232 g/mol. The Morgan fingerprint density at radius 1 is 1.35 bits per heavy atom. The van der Waals surface area contributed by atoms with Crippen molar-refractivity contribution < 1.29 is 4.74 Å². The molecule has 0 bridgehead atoms. The summed E-state index contributed by atoms with van der Waals surface area (Å²) in [5.41, 5.74) is 1.71. The summed E-state index contributed by atoms with van der Waals surface area (Å²) >= 11 is 0. The van der Waals surface area contributed by atoms with E-state index >= 15 is 0 Å². The van der Waals surface area contributed by atoms with Gasteiger partial charge in [-0.15, -0.1) is 0 Å². The number of methoxy groups -OCH3 is 1. The van der Waals surface area contributed by atoms with Gasteiger partial charge in [0.1, 0.15) is 5.75 Å². The molecule has 1 saturated carbocycles. The summed E-state index contributed by atoms with van der Waals surface area (Å²) in [5, 5.41) is 6.95. The van der Waals surface area contributed by atoms with E-state index in [4.69, 9.17) is 4.74 Å². The predicted molar refractivity (Wildman–Crippen MR) is 68.6 cm³/mol. The Bertz CT molecular complexity index is 397. The Balaban J connectivity index is 1.72. The van der Waals surface area contributed by atoms with Crippen LogP contribution in [0.15, 0.2) is 24.3 Å². The van der Waals surface area contributed by atoms with E-state index in [1.807, 2.05) is 6.07 Å². The third-order valence-electron chi connectivity index (χ3n) is 4.04. The Kier molecular flexibility index (Phi) is 2.81. The number of rotatable bonds is 5. The highest BCUT2D eigenvalue weighted by Crippen LogP contribution is 2.50. The summed E-state index contributed by atoms with van der Waals surface area (Å²) in [5.74, 6) is 1.04. The lowest BCUT2D eigenvalue weighted by Gasteiger charge is -2.30. The van der Waals surface area contributed by atoms with Crippen molar-refractivity contribution in [2.24, 2.45) is 0 Å². The molecule has 2 fully saturated rings. The molecule has 0 atom stereocenters. The summed E-state index contributed by atoms with van der Waals surface area (Å²) in [7, 11) is 1.76. The number of hydrogen-bond donors (Lipinski definition) is 2. The Labute approximate surface area is 103 Å². The van der Waals surface area contributed by atoms with Gasteiger partial charge in [0, 0.05) is 36.7 Å². The highest BCUT2D eigenvalue weighted by Gasteiger charge is 2.46. The zero-order valence-electron chi connectivity index (χ0n) is 10.3. The van der Waals surface area contributed by atoms with Crippen molar-refractivity contribution >= 4 is 0 Å². The number of nitrogens with one attached hydrogen (secondary N) is 2. The first-order valence-electron chi connectivity index (χ1n) is 6.42. The molecule has 0 amide bonds. The highest BCUT2D eigenvalue weighted by molar-refractivity contribution is 5.43. The van der Waals surface area contributed by atoms with Crippen molar-refractivity contribution in [1.29, 1.82) is 0 Å². The van der Waals surface area contributed by atoms with Crippen molar-refractivity contribution in [2.45, 2.75) is 24.3 Å². The SMILES string of the molecule is COc1ccccc1C1(CNC2CNC2)CC1. The van der Waals surface area contributed by atoms with E-state index in [1.54, 1.807) is 7.11 Å². The molecule has 1 heterocycles. The first kappa shape index (κ1) is 11.1. The van der Waals surface area contributed by atoms with Gasteiger partial charge in [0.2, 0.25) is 0 Å². The van der Waals surface area contributed by atoms with Gasteiger partial charge in [-0.05, 0) is 18.9 Å². The molecule has 0 unspecified atom stereocenters. The van der Waals surface area contributed by atoms with E-state index in [-0.39, 0.29) is 0 Å². The lowest BCUT2D eigenvalue weighted by Crippen LogP contribution is -2.56. The van der Waals surface area contributed by atoms with Crippen molar-refractivity contribution in [3.05, 3.63) is 29.8 Å². The van der Waals surface area contributed by atoms with Crippen LogP contribution in [-0.4, -0.2) is 32.8 Å². The van der Waals surface area contributed by atoms with Gasteiger partial charge in [-0.3, -0.25) is 0 Å². The van der Waals surface area contributed by atoms with Gasteiger partial charge < -0.3 is 15.4 Å². The summed E-state index contributed by atoms with van der Waals surface area (Å²) in [6, 6.07) is 9.11. The molecule has 3 rings (SSSR count). The van der Waals surface area contributed by atoms with Crippen LogP contribution < -0.4 is 15.4 Å². The molecule has 0 spiro atoms. The smallest absolute Gasteiger partial charge is 0.122 e. The van der Waals surface area contributed by atoms with Crippen LogP contribution in [0.2, 0.25) is 0 Å². The second-order valence-electron chi connectivity index (χ2n) is 5.22. The number of ether oxygens (including phenoxy) is 1. The van der Waals surface area contributed by atoms with Crippen LogP contribution in [-0.2, 0) is 5.41 Å². The minimum atomic E-state index is 0.336. The third-order valence-corrected chi connectivity index (χ3v) is 4.04. The maximum absolute atomic E-state index is 5.48. The summed E-state index contributed by atoms with van der Waals surface area (Å²) in [6.45, 7) is 3.31. The van der Waals surface area contributed by atoms with Gasteiger partial charge >= 0.3 is 0 Å². The van der Waals surface area contributed by atoms with Crippen LogP contribution >= 0.6 is 0 Å². The van der Waals surface area contributed by atoms with Gasteiger partial charge in [-0.2, -0.15) is 0 Å². The van der Waals surface area contributed by atoms with Gasteiger partial charge in [0.15, 0.2) is 0 Å². The van der Waals surface area contributed by atoms with E-state index in [2.05, 4.69) is 28.8 Å². The molecule has 2 N–H and O–H groups in total. The van der Waals surface area contributed by atoms with Crippen molar-refractivity contribution in [2.75, 3.05) is 26.7 Å². The summed E-state index contributed by atoms with van der Waals surface area (Å²) < 4.78 is 5.48. The molecule has 17 heavy (non-hydrogen) atoms. The molecule has 0 radical (unpaired) electrons. The molecule has 92 valence electrons. The Morgan fingerprint density at radius 2 is 2.12 bits per heavy atom. The maximum atomic E-state index is 5.48. The minimum absolute atomic E-state index is 0.336. The molecule has 1 aromatic rings. The van der Waals surface area contributed by atoms with E-state index < -0.39 is 0 Å². The molecule has 1 aliphatic heterocycles. The fraction of sp³-hybridized carbons (Fsp3) is 0.571. The molecular formula is C14H20N2O. The lowest BCUT2D eigenvalue weighted by atomic mass is 9.94. The Hall–Kier alpha value is -1.06. The summed E-state index contributed by atoms with van der Waals surface area (Å²) in [4.78, 5) is 0. The van der Waals surface area contributed by atoms with E-state index in [1.165, 1.54) is 18.4 Å². The number of para-hydroxylation sites is 1. The second kappa shape index (κ2) is 4.31. The van der Waals surface area contributed by atoms with Crippen molar-refractivity contribution in [3.8, 4) is 5.75 Å². The van der Waals surface area contributed by atoms with Gasteiger partial charge in [-0.1, -0.05) is 18.2 Å². The van der Waals surface area contributed by atoms with Crippen molar-refractivity contribution in [3.63, 3.8) is 0 Å². The second-order valence-corrected chi connectivity index (χ2v) is 5.22. The fourth-order valence-corrected chi connectivity index (χ4v) is 2.55. The van der Waals surface area contributed by atoms with Crippen LogP contribution in [0.3, 0.4) is 0 Å². The van der Waals surface area contributed by atoms with E-state index in [9.17, 15) is 0 Å². The molecule has 1 aliphatic carbocycles.